The van der Waals surface area contributed by atoms with Crippen molar-refractivity contribution in [3.8, 4) is 5.75 Å². The van der Waals surface area contributed by atoms with Crippen LogP contribution >= 0.6 is 11.6 Å². The molecule has 37 heavy (non-hydrogen) atoms. The maximum atomic E-state index is 13.0. The number of aliphatic carboxylic acids is 1. The van der Waals surface area contributed by atoms with Crippen molar-refractivity contribution in [3.63, 3.8) is 0 Å². The number of nitrogens with zero attached hydrogens (tertiary/aromatic N) is 1. The van der Waals surface area contributed by atoms with Gasteiger partial charge >= 0.3 is 12.0 Å². The Morgan fingerprint density at radius 2 is 1.76 bits per heavy atom. The van der Waals surface area contributed by atoms with Crippen molar-refractivity contribution in [1.29, 1.82) is 0 Å². The second-order valence-electron chi connectivity index (χ2n) is 8.31. The first-order chi connectivity index (χ1) is 17.6. The zero-order valence-corrected chi connectivity index (χ0v) is 21.7. The van der Waals surface area contributed by atoms with Gasteiger partial charge < -0.3 is 29.5 Å². The van der Waals surface area contributed by atoms with Gasteiger partial charge in [0.2, 0.25) is 5.92 Å². The highest BCUT2D eigenvalue weighted by Crippen LogP contribution is 2.21. The van der Waals surface area contributed by atoms with Gasteiger partial charge in [-0.3, -0.25) is 0 Å². The van der Waals surface area contributed by atoms with Crippen molar-refractivity contribution in [2.45, 2.75) is 38.7 Å². The Hall–Kier alpha value is -2.95. The number of hydrogen-bond donors (Lipinski definition) is 2. The maximum absolute atomic E-state index is 13.0. The first-order valence-corrected chi connectivity index (χ1v) is 12.3. The predicted molar refractivity (Wildman–Crippen MR) is 137 cm³/mol. The van der Waals surface area contributed by atoms with E-state index in [1.807, 2.05) is 0 Å². The van der Waals surface area contributed by atoms with Crippen molar-refractivity contribution in [2.24, 2.45) is 0 Å². The van der Waals surface area contributed by atoms with E-state index in [0.717, 1.165) is 12.5 Å². The standard InChI is InChI=1S/C26H33ClF2N2O6/c1-3-36-23(24(32)33)18-19-8-10-20(11-9-19)37-17-14-31(13-16-35-15-12-26(2,28)29)25(34)30-22-7-5-4-6-21(22)27/h4-11,23H,3,12-18H2,1-2H3,(H,30,34)(H,32,33). The largest absolute Gasteiger partial charge is 0.492 e. The number of rotatable bonds is 16. The number of halogens is 3. The van der Waals surface area contributed by atoms with Crippen molar-refractivity contribution in [1.82, 2.24) is 4.90 Å². The Morgan fingerprint density at radius 1 is 1.08 bits per heavy atom. The number of anilines is 1. The third-order valence-corrected chi connectivity index (χ3v) is 5.54. The van der Waals surface area contributed by atoms with Crippen LogP contribution in [0.15, 0.2) is 48.5 Å². The number of benzene rings is 2. The van der Waals surface area contributed by atoms with Crippen LogP contribution in [0.5, 0.6) is 5.75 Å². The van der Waals surface area contributed by atoms with Crippen LogP contribution in [0, 0.1) is 0 Å². The number of carboxylic acids is 1. The molecule has 0 bridgehead atoms. The molecule has 0 aromatic heterocycles. The summed E-state index contributed by atoms with van der Waals surface area (Å²) in [5.74, 6) is -3.30. The van der Waals surface area contributed by atoms with Crippen molar-refractivity contribution < 1.29 is 37.7 Å². The molecule has 1 unspecified atom stereocenters. The molecule has 2 aromatic carbocycles. The van der Waals surface area contributed by atoms with Gasteiger partial charge in [0.1, 0.15) is 12.4 Å². The van der Waals surface area contributed by atoms with Gasteiger partial charge in [-0.25, -0.2) is 18.4 Å². The van der Waals surface area contributed by atoms with E-state index in [9.17, 15) is 23.5 Å². The number of alkyl halides is 2. The molecule has 11 heteroatoms. The van der Waals surface area contributed by atoms with Crippen LogP contribution in [0.25, 0.3) is 0 Å². The average molecular weight is 543 g/mol. The van der Waals surface area contributed by atoms with E-state index in [2.05, 4.69) is 5.32 Å². The van der Waals surface area contributed by atoms with Crippen LogP contribution in [-0.4, -0.2) is 73.6 Å². The van der Waals surface area contributed by atoms with E-state index in [4.69, 9.17) is 25.8 Å². The molecule has 2 N–H and O–H groups in total. The number of urea groups is 1. The normalized spacial score (nSPS) is 12.1. The topological polar surface area (TPSA) is 97.3 Å². The van der Waals surface area contributed by atoms with Gasteiger partial charge in [-0.2, -0.15) is 0 Å². The summed E-state index contributed by atoms with van der Waals surface area (Å²) in [7, 11) is 0. The highest BCUT2D eigenvalue weighted by molar-refractivity contribution is 6.33. The Kier molecular flexibility index (Phi) is 12.5. The Bertz CT molecular complexity index is 988. The van der Waals surface area contributed by atoms with E-state index >= 15 is 0 Å². The minimum Gasteiger partial charge on any atom is -0.492 e. The van der Waals surface area contributed by atoms with Crippen LogP contribution in [0.1, 0.15) is 25.8 Å². The summed E-state index contributed by atoms with van der Waals surface area (Å²) in [4.78, 5) is 25.6. The molecule has 1 atom stereocenters. The zero-order chi connectivity index (χ0) is 27.3. The summed E-state index contributed by atoms with van der Waals surface area (Å²) < 4.78 is 42.2. The quantitative estimate of drug-likeness (QED) is 0.278. The smallest absolute Gasteiger partial charge is 0.333 e. The summed E-state index contributed by atoms with van der Waals surface area (Å²) in [6, 6.07) is 13.3. The minimum atomic E-state index is -2.82. The van der Waals surface area contributed by atoms with Crippen molar-refractivity contribution >= 4 is 29.3 Å². The lowest BCUT2D eigenvalue weighted by Gasteiger charge is -2.23. The fourth-order valence-corrected chi connectivity index (χ4v) is 3.41. The fraction of sp³-hybridized carbons (Fsp3) is 0.462. The number of ether oxygens (including phenoxy) is 3. The molecule has 2 rings (SSSR count). The van der Waals surface area contributed by atoms with Gasteiger partial charge in [-0.1, -0.05) is 35.9 Å². The maximum Gasteiger partial charge on any atom is 0.333 e. The second-order valence-corrected chi connectivity index (χ2v) is 8.72. The number of nitrogens with one attached hydrogen (secondary N) is 1. The highest BCUT2D eigenvalue weighted by atomic mass is 35.5. The molecule has 0 aliphatic carbocycles. The number of hydrogen-bond acceptors (Lipinski definition) is 5. The number of carbonyl (C=O) groups is 2. The minimum absolute atomic E-state index is 0.0747. The molecule has 0 aliphatic heterocycles. The Balaban J connectivity index is 1.92. The van der Waals surface area contributed by atoms with E-state index in [1.54, 1.807) is 55.5 Å². The number of para-hydroxylation sites is 1. The molecule has 2 aromatic rings. The van der Waals surface area contributed by atoms with Crippen LogP contribution in [-0.2, 0) is 20.7 Å². The van der Waals surface area contributed by atoms with Crippen LogP contribution in [0.2, 0.25) is 5.02 Å². The van der Waals surface area contributed by atoms with Gasteiger partial charge in [-0.15, -0.1) is 0 Å². The number of carbonyl (C=O) groups excluding carboxylic acids is 1. The molecular weight excluding hydrogens is 510 g/mol. The summed E-state index contributed by atoms with van der Waals surface area (Å²) in [5, 5.41) is 12.3. The van der Waals surface area contributed by atoms with Gasteiger partial charge in [-0.05, 0) is 43.7 Å². The molecule has 0 saturated carbocycles. The van der Waals surface area contributed by atoms with Crippen molar-refractivity contribution in [2.75, 3.05) is 44.8 Å². The molecule has 8 nitrogen and oxygen atoms in total. The Morgan fingerprint density at radius 3 is 2.38 bits per heavy atom. The number of amides is 2. The molecule has 0 heterocycles. The highest BCUT2D eigenvalue weighted by Gasteiger charge is 2.21. The summed E-state index contributed by atoms with van der Waals surface area (Å²) in [6.45, 7) is 3.31. The molecule has 0 radical (unpaired) electrons. The lowest BCUT2D eigenvalue weighted by atomic mass is 10.1. The zero-order valence-electron chi connectivity index (χ0n) is 20.9. The van der Waals surface area contributed by atoms with Crippen LogP contribution in [0.4, 0.5) is 19.3 Å². The second kappa shape index (κ2) is 15.3. The SMILES string of the molecule is CCOC(Cc1ccc(OCCN(CCOCCC(C)(F)F)C(=O)Nc2ccccc2Cl)cc1)C(=O)O. The fourth-order valence-electron chi connectivity index (χ4n) is 3.23. The third-order valence-electron chi connectivity index (χ3n) is 5.21. The van der Waals surface area contributed by atoms with Crippen LogP contribution < -0.4 is 10.1 Å². The van der Waals surface area contributed by atoms with E-state index in [-0.39, 0.29) is 39.3 Å². The molecule has 0 saturated heterocycles. The number of carboxylic acid groups (broad SMARTS) is 1. The van der Waals surface area contributed by atoms with Gasteiger partial charge in [0.15, 0.2) is 6.10 Å². The predicted octanol–water partition coefficient (Wildman–Crippen LogP) is 5.35. The first kappa shape index (κ1) is 30.3. The first-order valence-electron chi connectivity index (χ1n) is 11.9. The summed E-state index contributed by atoms with van der Waals surface area (Å²) in [6.07, 6.45) is -1.10. The third kappa shape index (κ3) is 11.8. The Labute approximate surface area is 220 Å². The van der Waals surface area contributed by atoms with Gasteiger partial charge in [0.25, 0.3) is 0 Å². The lowest BCUT2D eigenvalue weighted by Crippen LogP contribution is -2.40. The molecule has 0 fully saturated rings. The molecule has 2 amide bonds. The average Bonchev–Trinajstić information content (AvgIpc) is 2.84. The van der Waals surface area contributed by atoms with Crippen LogP contribution in [0.3, 0.4) is 0 Å². The monoisotopic (exact) mass is 542 g/mol. The molecule has 0 spiro atoms. The van der Waals surface area contributed by atoms with Crippen molar-refractivity contribution in [3.05, 3.63) is 59.1 Å². The van der Waals surface area contributed by atoms with Gasteiger partial charge in [0.05, 0.1) is 30.5 Å². The molecule has 204 valence electrons. The van der Waals surface area contributed by atoms with E-state index < -0.39 is 30.4 Å². The molecule has 0 aliphatic rings. The lowest BCUT2D eigenvalue weighted by molar-refractivity contribution is -0.149. The van der Waals surface area contributed by atoms with Gasteiger partial charge in [0, 0.05) is 26.0 Å². The van der Waals surface area contributed by atoms with E-state index in [1.165, 1.54) is 4.90 Å². The summed E-state index contributed by atoms with van der Waals surface area (Å²) >= 11 is 6.13. The summed E-state index contributed by atoms with van der Waals surface area (Å²) in [5.41, 5.74) is 1.22. The van der Waals surface area contributed by atoms with E-state index in [0.29, 0.717) is 23.1 Å². The molecular formula is C26H33ClF2N2O6.